The first kappa shape index (κ1) is 16.9. The normalized spacial score (nSPS) is 20.1. The zero-order valence-corrected chi connectivity index (χ0v) is 14.6. The summed E-state index contributed by atoms with van der Waals surface area (Å²) in [6, 6.07) is 6.08. The van der Waals surface area contributed by atoms with Gasteiger partial charge in [0.25, 0.3) is 0 Å². The van der Waals surface area contributed by atoms with Crippen molar-refractivity contribution in [1.82, 2.24) is 10.2 Å². The third kappa shape index (κ3) is 4.76. The first-order valence-corrected chi connectivity index (χ1v) is 8.83. The van der Waals surface area contributed by atoms with Crippen LogP contribution in [0.5, 0.6) is 0 Å². The predicted molar refractivity (Wildman–Crippen MR) is 90.0 cm³/mol. The van der Waals surface area contributed by atoms with Crippen molar-refractivity contribution in [2.75, 3.05) is 19.6 Å². The highest BCUT2D eigenvalue weighted by Gasteiger charge is 2.23. The van der Waals surface area contributed by atoms with E-state index < -0.39 is 0 Å². The summed E-state index contributed by atoms with van der Waals surface area (Å²) in [6.07, 6.45) is 4.82. The van der Waals surface area contributed by atoms with E-state index in [-0.39, 0.29) is 11.9 Å². The third-order valence-corrected chi connectivity index (χ3v) is 4.87. The molecule has 21 heavy (non-hydrogen) atoms. The highest BCUT2D eigenvalue weighted by molar-refractivity contribution is 9.10. The van der Waals surface area contributed by atoms with Crippen LogP contribution in [0.15, 0.2) is 22.7 Å². The number of unbranched alkanes of at least 4 members (excludes halogenated alkanes) is 1. The Labute approximate surface area is 136 Å². The maximum atomic E-state index is 14.2. The number of nitrogens with one attached hydrogen (secondary N) is 1. The second-order valence-corrected chi connectivity index (χ2v) is 6.90. The molecule has 0 aliphatic carbocycles. The molecule has 2 rings (SSSR count). The molecule has 1 aromatic carbocycles. The monoisotopic (exact) mass is 356 g/mol. The number of benzene rings is 1. The lowest BCUT2D eigenvalue weighted by atomic mass is 10.0. The molecule has 1 aliphatic heterocycles. The van der Waals surface area contributed by atoms with Crippen LogP contribution in [0, 0.1) is 5.82 Å². The van der Waals surface area contributed by atoms with Gasteiger partial charge >= 0.3 is 0 Å². The maximum absolute atomic E-state index is 14.2. The SMILES string of the molecule is CCCCN(CC1CCCN1)C(C)c1ccc(Br)cc1F. The first-order chi connectivity index (χ1) is 10.1. The molecule has 0 radical (unpaired) electrons. The fraction of sp³-hybridized carbons (Fsp3) is 0.647. The van der Waals surface area contributed by atoms with E-state index in [1.165, 1.54) is 19.3 Å². The van der Waals surface area contributed by atoms with Gasteiger partial charge < -0.3 is 5.32 Å². The van der Waals surface area contributed by atoms with Crippen molar-refractivity contribution in [3.63, 3.8) is 0 Å². The molecule has 0 aromatic heterocycles. The van der Waals surface area contributed by atoms with Gasteiger partial charge in [0.2, 0.25) is 0 Å². The molecule has 1 saturated heterocycles. The van der Waals surface area contributed by atoms with Crippen LogP contribution in [0.25, 0.3) is 0 Å². The highest BCUT2D eigenvalue weighted by Crippen LogP contribution is 2.26. The van der Waals surface area contributed by atoms with Crippen molar-refractivity contribution in [2.45, 2.75) is 51.6 Å². The zero-order chi connectivity index (χ0) is 15.2. The van der Waals surface area contributed by atoms with Gasteiger partial charge in [-0.05, 0) is 51.4 Å². The van der Waals surface area contributed by atoms with Crippen LogP contribution in [0.1, 0.15) is 51.1 Å². The van der Waals surface area contributed by atoms with Crippen LogP contribution in [0.2, 0.25) is 0 Å². The number of hydrogen-bond acceptors (Lipinski definition) is 2. The standard InChI is InChI=1S/C17H26BrFN2/c1-3-4-10-21(12-15-6-5-9-20-15)13(2)16-8-7-14(18)11-17(16)19/h7-8,11,13,15,20H,3-6,9-10,12H2,1-2H3. The first-order valence-electron chi connectivity index (χ1n) is 8.04. The smallest absolute Gasteiger partial charge is 0.129 e. The number of hydrogen-bond donors (Lipinski definition) is 1. The minimum absolute atomic E-state index is 0.113. The molecule has 0 saturated carbocycles. The molecule has 1 N–H and O–H groups in total. The molecule has 1 fully saturated rings. The van der Waals surface area contributed by atoms with E-state index >= 15 is 0 Å². The summed E-state index contributed by atoms with van der Waals surface area (Å²) >= 11 is 3.33. The molecule has 2 unspecified atom stereocenters. The number of rotatable bonds is 7. The number of nitrogens with zero attached hydrogens (tertiary/aromatic N) is 1. The summed E-state index contributed by atoms with van der Waals surface area (Å²) in [5.41, 5.74) is 0.798. The van der Waals surface area contributed by atoms with Crippen LogP contribution < -0.4 is 5.32 Å². The van der Waals surface area contributed by atoms with Gasteiger partial charge in [0, 0.05) is 28.7 Å². The average Bonchev–Trinajstić information content (AvgIpc) is 2.95. The highest BCUT2D eigenvalue weighted by atomic mass is 79.9. The van der Waals surface area contributed by atoms with E-state index in [1.54, 1.807) is 6.07 Å². The van der Waals surface area contributed by atoms with E-state index in [2.05, 4.69) is 40.0 Å². The lowest BCUT2D eigenvalue weighted by Gasteiger charge is -2.32. The summed E-state index contributed by atoms with van der Waals surface area (Å²) in [4.78, 5) is 2.43. The summed E-state index contributed by atoms with van der Waals surface area (Å²) in [5.74, 6) is -0.113. The van der Waals surface area contributed by atoms with Crippen LogP contribution in [0.3, 0.4) is 0 Å². The zero-order valence-electron chi connectivity index (χ0n) is 13.0. The van der Waals surface area contributed by atoms with Crippen molar-refractivity contribution >= 4 is 15.9 Å². The average molecular weight is 357 g/mol. The quantitative estimate of drug-likeness (QED) is 0.773. The van der Waals surface area contributed by atoms with Gasteiger partial charge in [-0.2, -0.15) is 0 Å². The van der Waals surface area contributed by atoms with Gasteiger partial charge in [-0.15, -0.1) is 0 Å². The van der Waals surface area contributed by atoms with E-state index in [0.29, 0.717) is 6.04 Å². The van der Waals surface area contributed by atoms with Crippen LogP contribution in [0.4, 0.5) is 4.39 Å². The maximum Gasteiger partial charge on any atom is 0.129 e. The van der Waals surface area contributed by atoms with Crippen molar-refractivity contribution in [3.8, 4) is 0 Å². The number of halogens is 2. The topological polar surface area (TPSA) is 15.3 Å². The molecule has 0 bridgehead atoms. The van der Waals surface area contributed by atoms with Gasteiger partial charge in [0.15, 0.2) is 0 Å². The second kappa shape index (κ2) is 8.25. The molecule has 0 amide bonds. The Morgan fingerprint density at radius 1 is 1.48 bits per heavy atom. The molecule has 2 nitrogen and oxygen atoms in total. The van der Waals surface area contributed by atoms with Crippen LogP contribution >= 0.6 is 15.9 Å². The Balaban J connectivity index is 2.09. The fourth-order valence-corrected chi connectivity index (χ4v) is 3.37. The van der Waals surface area contributed by atoms with E-state index in [1.807, 2.05) is 12.1 Å². The van der Waals surface area contributed by atoms with Gasteiger partial charge in [-0.1, -0.05) is 35.3 Å². The van der Waals surface area contributed by atoms with Crippen LogP contribution in [-0.2, 0) is 0 Å². The lowest BCUT2D eigenvalue weighted by Crippen LogP contribution is -2.39. The summed E-state index contributed by atoms with van der Waals surface area (Å²) in [7, 11) is 0. The van der Waals surface area contributed by atoms with Gasteiger partial charge in [-0.25, -0.2) is 4.39 Å². The summed E-state index contributed by atoms with van der Waals surface area (Å²) in [5, 5.41) is 3.55. The van der Waals surface area contributed by atoms with Gasteiger partial charge in [-0.3, -0.25) is 4.90 Å². The molecule has 1 aromatic rings. The second-order valence-electron chi connectivity index (χ2n) is 5.98. The minimum atomic E-state index is -0.113. The molecular weight excluding hydrogens is 331 g/mol. The predicted octanol–water partition coefficient (Wildman–Crippen LogP) is 4.50. The molecular formula is C17H26BrFN2. The lowest BCUT2D eigenvalue weighted by molar-refractivity contribution is 0.186. The fourth-order valence-electron chi connectivity index (χ4n) is 3.04. The molecule has 4 heteroatoms. The largest absolute Gasteiger partial charge is 0.313 e. The van der Waals surface area contributed by atoms with Gasteiger partial charge in [0.05, 0.1) is 0 Å². The summed E-state index contributed by atoms with van der Waals surface area (Å²) in [6.45, 7) is 7.49. The van der Waals surface area contributed by atoms with Crippen molar-refractivity contribution < 1.29 is 4.39 Å². The van der Waals surface area contributed by atoms with Crippen molar-refractivity contribution in [1.29, 1.82) is 0 Å². The van der Waals surface area contributed by atoms with Crippen molar-refractivity contribution in [2.24, 2.45) is 0 Å². The molecule has 118 valence electrons. The molecule has 2 atom stereocenters. The van der Waals surface area contributed by atoms with Crippen LogP contribution in [-0.4, -0.2) is 30.6 Å². The Hall–Kier alpha value is -0.450. The third-order valence-electron chi connectivity index (χ3n) is 4.38. The molecule has 1 aliphatic rings. The Kier molecular flexibility index (Phi) is 6.65. The summed E-state index contributed by atoms with van der Waals surface area (Å²) < 4.78 is 15.0. The van der Waals surface area contributed by atoms with E-state index in [9.17, 15) is 4.39 Å². The molecule has 1 heterocycles. The minimum Gasteiger partial charge on any atom is -0.313 e. The van der Waals surface area contributed by atoms with E-state index in [0.717, 1.165) is 36.1 Å². The Bertz CT molecular complexity index is 446. The van der Waals surface area contributed by atoms with Crippen molar-refractivity contribution in [3.05, 3.63) is 34.1 Å². The van der Waals surface area contributed by atoms with E-state index in [4.69, 9.17) is 0 Å². The Morgan fingerprint density at radius 3 is 2.90 bits per heavy atom. The Morgan fingerprint density at radius 2 is 2.29 bits per heavy atom. The van der Waals surface area contributed by atoms with Gasteiger partial charge in [0.1, 0.15) is 5.82 Å². The molecule has 0 spiro atoms.